The molecule has 0 spiro atoms. The third-order valence-electron chi connectivity index (χ3n) is 2.86. The summed E-state index contributed by atoms with van der Waals surface area (Å²) in [7, 11) is 1.64. The second kappa shape index (κ2) is 8.14. The van der Waals surface area contributed by atoms with E-state index in [4.69, 9.17) is 14.0 Å². The van der Waals surface area contributed by atoms with E-state index in [1.807, 2.05) is 0 Å². The predicted octanol–water partition coefficient (Wildman–Crippen LogP) is 1.72. The molecule has 0 saturated heterocycles. The first-order valence-electron chi connectivity index (χ1n) is 6.98. The second-order valence-corrected chi connectivity index (χ2v) is 4.64. The molecule has 7 nitrogen and oxygen atoms in total. The smallest absolute Gasteiger partial charge is 0.251 e. The van der Waals surface area contributed by atoms with Crippen LogP contribution in [0.15, 0.2) is 28.8 Å². The molecule has 2 rings (SSSR count). The Bertz CT molecular complexity index is 595. The van der Waals surface area contributed by atoms with Crippen LogP contribution in [0.1, 0.15) is 28.5 Å². The molecule has 0 unspecified atom stereocenters. The number of methoxy groups -OCH3 is 1. The summed E-state index contributed by atoms with van der Waals surface area (Å²) < 4.78 is 15.3. The average molecular weight is 305 g/mol. The van der Waals surface area contributed by atoms with Crippen molar-refractivity contribution in [3.05, 3.63) is 41.5 Å². The monoisotopic (exact) mass is 305 g/mol. The molecule has 118 valence electrons. The molecule has 1 heterocycles. The highest BCUT2D eigenvalue weighted by molar-refractivity contribution is 5.94. The molecule has 1 aromatic heterocycles. The Labute approximate surface area is 128 Å². The van der Waals surface area contributed by atoms with Gasteiger partial charge in [0.1, 0.15) is 5.75 Å². The fraction of sp³-hybridized carbons (Fsp3) is 0.400. The van der Waals surface area contributed by atoms with E-state index in [1.54, 1.807) is 38.3 Å². The summed E-state index contributed by atoms with van der Waals surface area (Å²) in [5.74, 6) is 1.51. The first-order valence-corrected chi connectivity index (χ1v) is 6.98. The van der Waals surface area contributed by atoms with Crippen LogP contribution < -0.4 is 10.1 Å². The number of aryl methyl sites for hydroxylation is 1. The fourth-order valence-corrected chi connectivity index (χ4v) is 1.77. The van der Waals surface area contributed by atoms with Gasteiger partial charge in [-0.05, 0) is 30.7 Å². The van der Waals surface area contributed by atoms with E-state index in [0.29, 0.717) is 36.2 Å². The molecular weight excluding hydrogens is 286 g/mol. The van der Waals surface area contributed by atoms with E-state index >= 15 is 0 Å². The average Bonchev–Trinajstić information content (AvgIpc) is 2.95. The summed E-state index contributed by atoms with van der Waals surface area (Å²) in [6, 6.07) is 6.89. The van der Waals surface area contributed by atoms with Crippen LogP contribution in [0.2, 0.25) is 0 Å². The second-order valence-electron chi connectivity index (χ2n) is 4.64. The summed E-state index contributed by atoms with van der Waals surface area (Å²) in [4.78, 5) is 15.9. The molecule has 0 radical (unpaired) electrons. The minimum Gasteiger partial charge on any atom is -0.485 e. The number of nitrogens with one attached hydrogen (secondary N) is 1. The molecule has 22 heavy (non-hydrogen) atoms. The third kappa shape index (κ3) is 4.85. The first kappa shape index (κ1) is 16.0. The van der Waals surface area contributed by atoms with Crippen molar-refractivity contribution in [1.29, 1.82) is 0 Å². The van der Waals surface area contributed by atoms with Gasteiger partial charge in [-0.1, -0.05) is 5.16 Å². The standard InChI is InChI=1S/C15H19N3O4/c1-11-17-14(18-22-11)10-21-13-6-4-12(5-7-13)15(19)16-8-3-9-20-2/h4-7H,3,8-10H2,1-2H3,(H,16,19). The maximum atomic E-state index is 11.9. The molecule has 0 aliphatic heterocycles. The molecule has 1 N–H and O–H groups in total. The predicted molar refractivity (Wildman–Crippen MR) is 78.6 cm³/mol. The minimum atomic E-state index is -0.114. The van der Waals surface area contributed by atoms with Crippen LogP contribution in [-0.2, 0) is 11.3 Å². The molecular formula is C15H19N3O4. The number of carbonyl (C=O) groups excluding carboxylic acids is 1. The van der Waals surface area contributed by atoms with Gasteiger partial charge in [0.05, 0.1) is 0 Å². The van der Waals surface area contributed by atoms with Gasteiger partial charge in [-0.25, -0.2) is 0 Å². The lowest BCUT2D eigenvalue weighted by Gasteiger charge is -2.06. The number of ether oxygens (including phenoxy) is 2. The van der Waals surface area contributed by atoms with Gasteiger partial charge in [-0.15, -0.1) is 0 Å². The lowest BCUT2D eigenvalue weighted by molar-refractivity contribution is 0.0948. The van der Waals surface area contributed by atoms with E-state index < -0.39 is 0 Å². The van der Waals surface area contributed by atoms with Crippen LogP contribution in [0.4, 0.5) is 0 Å². The highest BCUT2D eigenvalue weighted by Gasteiger charge is 2.06. The van der Waals surface area contributed by atoms with Crippen LogP contribution >= 0.6 is 0 Å². The van der Waals surface area contributed by atoms with Crippen LogP contribution in [0.5, 0.6) is 5.75 Å². The van der Waals surface area contributed by atoms with E-state index in [0.717, 1.165) is 6.42 Å². The molecule has 0 aliphatic rings. The van der Waals surface area contributed by atoms with Crippen LogP contribution in [0.3, 0.4) is 0 Å². The van der Waals surface area contributed by atoms with Gasteiger partial charge in [-0.3, -0.25) is 4.79 Å². The van der Waals surface area contributed by atoms with Gasteiger partial charge in [0.25, 0.3) is 5.91 Å². The van der Waals surface area contributed by atoms with Gasteiger partial charge in [-0.2, -0.15) is 4.98 Å². The van der Waals surface area contributed by atoms with Gasteiger partial charge < -0.3 is 19.3 Å². The van der Waals surface area contributed by atoms with Crippen molar-refractivity contribution < 1.29 is 18.8 Å². The fourth-order valence-electron chi connectivity index (χ4n) is 1.77. The van der Waals surface area contributed by atoms with Crippen molar-refractivity contribution in [1.82, 2.24) is 15.5 Å². The van der Waals surface area contributed by atoms with Gasteiger partial charge in [0.2, 0.25) is 11.7 Å². The maximum Gasteiger partial charge on any atom is 0.251 e. The molecule has 0 bridgehead atoms. The zero-order chi connectivity index (χ0) is 15.8. The molecule has 1 aromatic carbocycles. The first-order chi connectivity index (χ1) is 10.7. The number of amides is 1. The van der Waals surface area contributed by atoms with E-state index in [9.17, 15) is 4.79 Å². The highest BCUT2D eigenvalue weighted by Crippen LogP contribution is 2.13. The van der Waals surface area contributed by atoms with E-state index in [2.05, 4.69) is 15.5 Å². The molecule has 0 aliphatic carbocycles. The van der Waals surface area contributed by atoms with Crippen molar-refractivity contribution in [2.24, 2.45) is 0 Å². The van der Waals surface area contributed by atoms with Crippen LogP contribution in [0, 0.1) is 6.92 Å². The molecule has 2 aromatic rings. The number of rotatable bonds is 8. The summed E-state index contributed by atoms with van der Waals surface area (Å²) in [5.41, 5.74) is 0.583. The van der Waals surface area contributed by atoms with Gasteiger partial charge >= 0.3 is 0 Å². The number of hydrogen-bond acceptors (Lipinski definition) is 6. The molecule has 0 saturated carbocycles. The summed E-state index contributed by atoms with van der Waals surface area (Å²) >= 11 is 0. The maximum absolute atomic E-state index is 11.9. The Morgan fingerprint density at radius 3 is 2.73 bits per heavy atom. The lowest BCUT2D eigenvalue weighted by atomic mass is 10.2. The van der Waals surface area contributed by atoms with Gasteiger partial charge in [0, 0.05) is 32.7 Å². The summed E-state index contributed by atoms with van der Waals surface area (Å²) in [6.07, 6.45) is 0.785. The Kier molecular flexibility index (Phi) is 5.91. The number of nitrogens with zero attached hydrogens (tertiary/aromatic N) is 2. The molecule has 0 fully saturated rings. The SMILES string of the molecule is COCCCNC(=O)c1ccc(OCc2noc(C)n2)cc1. The Morgan fingerprint density at radius 1 is 1.32 bits per heavy atom. The van der Waals surface area contributed by atoms with Crippen LogP contribution in [0.25, 0.3) is 0 Å². The zero-order valence-electron chi connectivity index (χ0n) is 12.7. The largest absolute Gasteiger partial charge is 0.485 e. The topological polar surface area (TPSA) is 86.5 Å². The minimum absolute atomic E-state index is 0.114. The molecule has 0 atom stereocenters. The van der Waals surface area contributed by atoms with Crippen molar-refractivity contribution in [3.8, 4) is 5.75 Å². The molecule has 7 heteroatoms. The summed E-state index contributed by atoms with van der Waals surface area (Å²) in [6.45, 7) is 3.15. The zero-order valence-corrected chi connectivity index (χ0v) is 12.7. The van der Waals surface area contributed by atoms with Crippen LogP contribution in [-0.4, -0.2) is 36.3 Å². The number of benzene rings is 1. The normalized spacial score (nSPS) is 10.5. The summed E-state index contributed by atoms with van der Waals surface area (Å²) in [5, 5.41) is 6.56. The van der Waals surface area contributed by atoms with Crippen molar-refractivity contribution in [2.75, 3.05) is 20.3 Å². The Balaban J connectivity index is 1.80. The third-order valence-corrected chi connectivity index (χ3v) is 2.86. The van der Waals surface area contributed by atoms with Crippen molar-refractivity contribution >= 4 is 5.91 Å². The van der Waals surface area contributed by atoms with Gasteiger partial charge in [0.15, 0.2) is 6.61 Å². The number of hydrogen-bond donors (Lipinski definition) is 1. The lowest BCUT2D eigenvalue weighted by Crippen LogP contribution is -2.25. The Morgan fingerprint density at radius 2 is 2.09 bits per heavy atom. The van der Waals surface area contributed by atoms with Crippen molar-refractivity contribution in [2.45, 2.75) is 20.0 Å². The molecule has 1 amide bonds. The van der Waals surface area contributed by atoms with Crippen molar-refractivity contribution in [3.63, 3.8) is 0 Å². The number of aromatic nitrogens is 2. The van der Waals surface area contributed by atoms with E-state index in [1.165, 1.54) is 0 Å². The Hall–Kier alpha value is -2.41. The highest BCUT2D eigenvalue weighted by atomic mass is 16.5. The van der Waals surface area contributed by atoms with E-state index in [-0.39, 0.29) is 12.5 Å². The number of carbonyl (C=O) groups is 1. The quantitative estimate of drug-likeness (QED) is 0.747.